The fourth-order valence-electron chi connectivity index (χ4n) is 1.83. The van der Waals surface area contributed by atoms with Crippen LogP contribution in [-0.4, -0.2) is 35.0 Å². The first-order valence-electron chi connectivity index (χ1n) is 6.14. The van der Waals surface area contributed by atoms with E-state index < -0.39 is 0 Å². The second-order valence-corrected chi connectivity index (χ2v) is 5.40. The first kappa shape index (κ1) is 13.7. The third-order valence-electron chi connectivity index (χ3n) is 3.14. The summed E-state index contributed by atoms with van der Waals surface area (Å²) in [5.41, 5.74) is 0. The van der Waals surface area contributed by atoms with Crippen LogP contribution in [0.1, 0.15) is 19.2 Å². The monoisotopic (exact) mass is 275 g/mol. The van der Waals surface area contributed by atoms with Crippen LogP contribution in [0.3, 0.4) is 0 Å². The molecule has 0 aromatic carbocycles. The van der Waals surface area contributed by atoms with Gasteiger partial charge in [0.1, 0.15) is 16.5 Å². The van der Waals surface area contributed by atoms with Crippen LogP contribution >= 0.6 is 11.3 Å². The fraction of sp³-hybridized carbons (Fsp3) is 0.462. The van der Waals surface area contributed by atoms with Crippen molar-refractivity contribution < 1.29 is 0 Å². The van der Waals surface area contributed by atoms with Gasteiger partial charge in [0, 0.05) is 13.1 Å². The molecule has 5 nitrogen and oxygen atoms in total. The highest BCUT2D eigenvalue weighted by atomic mass is 32.1. The Labute approximate surface area is 116 Å². The molecule has 0 amide bonds. The van der Waals surface area contributed by atoms with Gasteiger partial charge in [0.15, 0.2) is 0 Å². The maximum atomic E-state index is 8.73. The van der Waals surface area contributed by atoms with Gasteiger partial charge in [-0.25, -0.2) is 9.97 Å². The van der Waals surface area contributed by atoms with E-state index in [1.807, 2.05) is 32.5 Å². The third kappa shape index (κ3) is 3.00. The molecule has 2 aromatic rings. The number of rotatable bonds is 5. The number of aromatic nitrogens is 2. The van der Waals surface area contributed by atoms with Crippen LogP contribution < -0.4 is 5.32 Å². The Hall–Kier alpha value is -1.71. The molecule has 2 aromatic heterocycles. The van der Waals surface area contributed by atoms with Crippen LogP contribution in [0.5, 0.6) is 0 Å². The van der Waals surface area contributed by atoms with Gasteiger partial charge in [-0.1, -0.05) is 0 Å². The van der Waals surface area contributed by atoms with E-state index in [-0.39, 0.29) is 6.04 Å². The molecule has 0 aliphatic carbocycles. The standard InChI is InChI=1S/C13H17N5S/c1-9(4-6-14)18(3)8-11-16-12(15-2)10-5-7-19-13(10)17-11/h5,7,9H,4,8H2,1-3H3,(H,15,16,17). The average molecular weight is 275 g/mol. The predicted octanol–water partition coefficient (Wildman–Crippen LogP) is 2.47. The first-order chi connectivity index (χ1) is 9.15. The fourth-order valence-corrected chi connectivity index (χ4v) is 2.61. The zero-order valence-electron chi connectivity index (χ0n) is 11.3. The summed E-state index contributed by atoms with van der Waals surface area (Å²) < 4.78 is 0. The molecule has 0 radical (unpaired) electrons. The number of hydrogen-bond acceptors (Lipinski definition) is 6. The van der Waals surface area contributed by atoms with Crippen LogP contribution in [0.4, 0.5) is 5.82 Å². The van der Waals surface area contributed by atoms with Crippen LogP contribution in [0.15, 0.2) is 11.4 Å². The molecule has 0 spiro atoms. The Bertz CT molecular complexity index is 601. The topological polar surface area (TPSA) is 64.8 Å². The van der Waals surface area contributed by atoms with Crippen molar-refractivity contribution in [2.24, 2.45) is 0 Å². The molecular weight excluding hydrogens is 258 g/mol. The van der Waals surface area contributed by atoms with Crippen LogP contribution in [0.25, 0.3) is 10.2 Å². The van der Waals surface area contributed by atoms with E-state index in [0.717, 1.165) is 21.9 Å². The first-order valence-corrected chi connectivity index (χ1v) is 7.02. The molecule has 100 valence electrons. The second kappa shape index (κ2) is 5.95. The Morgan fingerprint density at radius 2 is 2.32 bits per heavy atom. The molecule has 1 atom stereocenters. The highest BCUT2D eigenvalue weighted by molar-refractivity contribution is 7.16. The molecular formula is C13H17N5S. The van der Waals surface area contributed by atoms with Gasteiger partial charge >= 0.3 is 0 Å². The third-order valence-corrected chi connectivity index (χ3v) is 3.94. The van der Waals surface area contributed by atoms with Crippen LogP contribution in [0.2, 0.25) is 0 Å². The lowest BCUT2D eigenvalue weighted by molar-refractivity contribution is 0.247. The van der Waals surface area contributed by atoms with Crippen LogP contribution in [-0.2, 0) is 6.54 Å². The zero-order valence-corrected chi connectivity index (χ0v) is 12.2. The van der Waals surface area contributed by atoms with E-state index in [4.69, 9.17) is 5.26 Å². The molecule has 2 rings (SSSR count). The minimum absolute atomic E-state index is 0.200. The number of fused-ring (bicyclic) bond motifs is 1. The van der Waals surface area contributed by atoms with Gasteiger partial charge in [0.05, 0.1) is 24.4 Å². The smallest absolute Gasteiger partial charge is 0.146 e. The minimum Gasteiger partial charge on any atom is -0.372 e. The summed E-state index contributed by atoms with van der Waals surface area (Å²) in [6, 6.07) is 4.41. The largest absolute Gasteiger partial charge is 0.372 e. The van der Waals surface area contributed by atoms with E-state index in [1.165, 1.54) is 0 Å². The van der Waals surface area contributed by atoms with Crippen molar-refractivity contribution in [3.05, 3.63) is 17.3 Å². The molecule has 0 bridgehead atoms. The number of nitriles is 1. The van der Waals surface area contributed by atoms with Gasteiger partial charge in [-0.05, 0) is 25.4 Å². The summed E-state index contributed by atoms with van der Waals surface area (Å²) in [6.45, 7) is 2.68. The summed E-state index contributed by atoms with van der Waals surface area (Å²) >= 11 is 1.61. The molecule has 0 fully saturated rings. The lowest BCUT2D eigenvalue weighted by Crippen LogP contribution is -2.29. The van der Waals surface area contributed by atoms with Crippen molar-refractivity contribution in [2.45, 2.75) is 25.9 Å². The Balaban J connectivity index is 2.23. The lowest BCUT2D eigenvalue weighted by Gasteiger charge is -2.21. The van der Waals surface area contributed by atoms with Crippen molar-refractivity contribution in [3.63, 3.8) is 0 Å². The maximum Gasteiger partial charge on any atom is 0.146 e. The molecule has 19 heavy (non-hydrogen) atoms. The molecule has 0 aliphatic rings. The molecule has 1 N–H and O–H groups in total. The second-order valence-electron chi connectivity index (χ2n) is 4.50. The Morgan fingerprint density at radius 3 is 3.00 bits per heavy atom. The van der Waals surface area contributed by atoms with Crippen molar-refractivity contribution >= 4 is 27.4 Å². The van der Waals surface area contributed by atoms with Gasteiger partial charge in [-0.2, -0.15) is 5.26 Å². The summed E-state index contributed by atoms with van der Waals surface area (Å²) in [5, 5.41) is 14.9. The lowest BCUT2D eigenvalue weighted by atomic mass is 10.2. The number of nitrogens with zero attached hydrogens (tertiary/aromatic N) is 4. The molecule has 6 heteroatoms. The number of nitrogens with one attached hydrogen (secondary N) is 1. The van der Waals surface area contributed by atoms with Crippen molar-refractivity contribution in [1.29, 1.82) is 5.26 Å². The van der Waals surface area contributed by atoms with Gasteiger partial charge in [0.25, 0.3) is 0 Å². The summed E-state index contributed by atoms with van der Waals surface area (Å²) in [7, 11) is 3.86. The molecule has 0 saturated heterocycles. The highest BCUT2D eigenvalue weighted by Crippen LogP contribution is 2.25. The quantitative estimate of drug-likeness (QED) is 0.908. The highest BCUT2D eigenvalue weighted by Gasteiger charge is 2.13. The van der Waals surface area contributed by atoms with Gasteiger partial charge in [-0.15, -0.1) is 11.3 Å². The molecule has 2 heterocycles. The number of hydrogen-bond donors (Lipinski definition) is 1. The van der Waals surface area contributed by atoms with E-state index in [1.54, 1.807) is 11.3 Å². The van der Waals surface area contributed by atoms with Gasteiger partial charge < -0.3 is 5.32 Å². The summed E-state index contributed by atoms with van der Waals surface area (Å²) in [6.07, 6.45) is 0.511. The van der Waals surface area contributed by atoms with Crippen molar-refractivity contribution in [3.8, 4) is 6.07 Å². The number of anilines is 1. The van der Waals surface area contributed by atoms with Crippen LogP contribution in [0, 0.1) is 11.3 Å². The molecule has 0 saturated carbocycles. The molecule has 0 aliphatic heterocycles. The Morgan fingerprint density at radius 1 is 1.53 bits per heavy atom. The van der Waals surface area contributed by atoms with Crippen molar-refractivity contribution in [2.75, 3.05) is 19.4 Å². The predicted molar refractivity (Wildman–Crippen MR) is 78.1 cm³/mol. The summed E-state index contributed by atoms with van der Waals surface area (Å²) in [5.74, 6) is 1.65. The SMILES string of the molecule is CNc1nc(CN(C)C(C)CC#N)nc2sccc12. The van der Waals surface area contributed by atoms with Gasteiger partial charge in [0.2, 0.25) is 0 Å². The maximum absolute atomic E-state index is 8.73. The molecule has 1 unspecified atom stereocenters. The normalized spacial score (nSPS) is 12.6. The number of thiophene rings is 1. The van der Waals surface area contributed by atoms with E-state index in [2.05, 4.69) is 26.3 Å². The summed E-state index contributed by atoms with van der Waals surface area (Å²) in [4.78, 5) is 12.2. The average Bonchev–Trinajstić information content (AvgIpc) is 2.86. The van der Waals surface area contributed by atoms with Crippen molar-refractivity contribution in [1.82, 2.24) is 14.9 Å². The zero-order chi connectivity index (χ0) is 13.8. The minimum atomic E-state index is 0.200. The Kier molecular flexibility index (Phi) is 4.30. The van der Waals surface area contributed by atoms with Gasteiger partial charge in [-0.3, -0.25) is 4.90 Å². The van der Waals surface area contributed by atoms with E-state index in [9.17, 15) is 0 Å². The van der Waals surface area contributed by atoms with E-state index in [0.29, 0.717) is 13.0 Å². The van der Waals surface area contributed by atoms with E-state index >= 15 is 0 Å².